The van der Waals surface area contributed by atoms with Crippen molar-refractivity contribution in [3.05, 3.63) is 61.2 Å². The third kappa shape index (κ3) is 7.18. The molecule has 0 unspecified atom stereocenters. The van der Waals surface area contributed by atoms with Crippen LogP contribution in [0.15, 0.2) is 66.1 Å². The van der Waals surface area contributed by atoms with Gasteiger partial charge in [-0.15, -0.1) is 0 Å². The van der Waals surface area contributed by atoms with Gasteiger partial charge in [-0.25, -0.2) is 17.9 Å². The summed E-state index contributed by atoms with van der Waals surface area (Å²) in [5, 5.41) is 15.0. The summed E-state index contributed by atoms with van der Waals surface area (Å²) >= 11 is 0. The summed E-state index contributed by atoms with van der Waals surface area (Å²) in [6, 6.07) is 11.3. The van der Waals surface area contributed by atoms with E-state index in [2.05, 4.69) is 20.3 Å². The van der Waals surface area contributed by atoms with E-state index < -0.39 is 22.0 Å². The first-order valence-electron chi connectivity index (χ1n) is 10.5. The summed E-state index contributed by atoms with van der Waals surface area (Å²) in [4.78, 5) is 15.6. The molecule has 1 aromatic carbocycles. The Morgan fingerprint density at radius 3 is 2.29 bits per heavy atom. The second-order valence-electron chi connectivity index (χ2n) is 7.83. The first-order valence-corrected chi connectivity index (χ1v) is 12.4. The highest BCUT2D eigenvalue weighted by Gasteiger charge is 2.38. The molecule has 3 heterocycles. The zero-order valence-electron chi connectivity index (χ0n) is 18.7. The van der Waals surface area contributed by atoms with Crippen LogP contribution in [0.1, 0.15) is 12.8 Å². The third-order valence-corrected chi connectivity index (χ3v) is 6.37. The monoisotopic (exact) mass is 511 g/mol. The van der Waals surface area contributed by atoms with Crippen LogP contribution in [0.5, 0.6) is 0 Å². The molecular formula is C22H24F3N5O4S. The first kappa shape index (κ1) is 26.0. The van der Waals surface area contributed by atoms with Crippen LogP contribution >= 0.6 is 0 Å². The summed E-state index contributed by atoms with van der Waals surface area (Å²) in [6.45, 7) is 1.96. The lowest BCUT2D eigenvalue weighted by Crippen LogP contribution is -2.39. The van der Waals surface area contributed by atoms with Crippen molar-refractivity contribution in [2.45, 2.75) is 30.0 Å². The molecule has 1 fully saturated rings. The van der Waals surface area contributed by atoms with Crippen LogP contribution in [0, 0.1) is 0 Å². The standard InChI is InChI=1S/C20H23N5O2S.C2HF3O2/c1-28(26,27)20-5-3-2-4-19(20)25-15-17(14-22-25)23-16-8-12-24(13-9-16)18-6-10-21-11-7-18;3-2(4,5)1(6)7/h2-7,10-11,14-16,23H,8-9,12-13H2,1H3;(H,6,7). The largest absolute Gasteiger partial charge is 0.490 e. The van der Waals surface area contributed by atoms with Gasteiger partial charge in [0.2, 0.25) is 0 Å². The number of alkyl halides is 3. The molecule has 0 saturated carbocycles. The molecule has 0 aliphatic carbocycles. The molecule has 4 rings (SSSR count). The molecule has 0 amide bonds. The van der Waals surface area contributed by atoms with Crippen LogP contribution < -0.4 is 10.2 Å². The molecule has 0 radical (unpaired) electrons. The number of carbonyl (C=O) groups is 1. The second kappa shape index (κ2) is 10.8. The third-order valence-electron chi connectivity index (χ3n) is 5.23. The van der Waals surface area contributed by atoms with Crippen molar-refractivity contribution < 1.29 is 31.5 Å². The maximum atomic E-state index is 12.0. The van der Waals surface area contributed by atoms with Crippen LogP contribution in [0.3, 0.4) is 0 Å². The normalized spacial score (nSPS) is 14.7. The molecule has 0 bridgehead atoms. The Morgan fingerprint density at radius 1 is 1.11 bits per heavy atom. The number of halogens is 3. The van der Waals surface area contributed by atoms with Gasteiger partial charge in [-0.2, -0.15) is 18.3 Å². The molecular weight excluding hydrogens is 487 g/mol. The predicted molar refractivity (Wildman–Crippen MR) is 123 cm³/mol. The number of carboxylic acids is 1. The number of piperidine rings is 1. The molecule has 9 nitrogen and oxygen atoms in total. The van der Waals surface area contributed by atoms with Crippen LogP contribution in [-0.4, -0.2) is 65.8 Å². The van der Waals surface area contributed by atoms with Gasteiger partial charge in [-0.1, -0.05) is 12.1 Å². The molecule has 2 aromatic heterocycles. The van der Waals surface area contributed by atoms with Crippen molar-refractivity contribution >= 4 is 27.2 Å². The fourth-order valence-corrected chi connectivity index (χ4v) is 4.43. The van der Waals surface area contributed by atoms with Crippen molar-refractivity contribution in [1.29, 1.82) is 0 Å². The number of para-hydroxylation sites is 1. The number of nitrogens with one attached hydrogen (secondary N) is 1. The molecule has 35 heavy (non-hydrogen) atoms. The van der Waals surface area contributed by atoms with Gasteiger partial charge in [0.05, 0.1) is 28.7 Å². The number of anilines is 2. The van der Waals surface area contributed by atoms with E-state index in [4.69, 9.17) is 9.90 Å². The Kier molecular flexibility index (Phi) is 7.99. The minimum Gasteiger partial charge on any atom is -0.475 e. The smallest absolute Gasteiger partial charge is 0.475 e. The highest BCUT2D eigenvalue weighted by atomic mass is 32.2. The van der Waals surface area contributed by atoms with Crippen molar-refractivity contribution in [1.82, 2.24) is 14.8 Å². The maximum absolute atomic E-state index is 12.0. The van der Waals surface area contributed by atoms with Gasteiger partial charge in [-0.05, 0) is 37.1 Å². The average molecular weight is 512 g/mol. The quantitative estimate of drug-likeness (QED) is 0.536. The molecule has 3 aromatic rings. The maximum Gasteiger partial charge on any atom is 0.490 e. The topological polar surface area (TPSA) is 117 Å². The van der Waals surface area contributed by atoms with E-state index >= 15 is 0 Å². The van der Waals surface area contributed by atoms with Gasteiger partial charge in [0, 0.05) is 43.5 Å². The number of carboxylic acid groups (broad SMARTS) is 1. The molecule has 0 spiro atoms. The van der Waals surface area contributed by atoms with Crippen molar-refractivity contribution in [2.24, 2.45) is 0 Å². The first-order chi connectivity index (χ1) is 16.4. The van der Waals surface area contributed by atoms with Gasteiger partial charge in [0.1, 0.15) is 0 Å². The van der Waals surface area contributed by atoms with Gasteiger partial charge in [0.15, 0.2) is 9.84 Å². The molecule has 13 heteroatoms. The fraction of sp³-hybridized carbons (Fsp3) is 0.318. The molecule has 188 valence electrons. The Hall–Kier alpha value is -3.61. The van der Waals surface area contributed by atoms with E-state index in [1.54, 1.807) is 29.1 Å². The number of nitrogens with zero attached hydrogens (tertiary/aromatic N) is 4. The van der Waals surface area contributed by atoms with E-state index in [9.17, 15) is 21.6 Å². The summed E-state index contributed by atoms with van der Waals surface area (Å²) in [5.74, 6) is -2.76. The lowest BCUT2D eigenvalue weighted by molar-refractivity contribution is -0.192. The number of aliphatic carboxylic acids is 1. The van der Waals surface area contributed by atoms with Gasteiger partial charge in [0.25, 0.3) is 0 Å². The SMILES string of the molecule is CS(=O)(=O)c1ccccc1-n1cc(NC2CCN(c3ccncc3)CC2)cn1.O=C(O)C(F)(F)F. The van der Waals surface area contributed by atoms with Gasteiger partial charge < -0.3 is 15.3 Å². The van der Waals surface area contributed by atoms with Crippen molar-refractivity contribution in [2.75, 3.05) is 29.6 Å². The highest BCUT2D eigenvalue weighted by molar-refractivity contribution is 7.90. The van der Waals surface area contributed by atoms with Crippen LogP contribution in [0.4, 0.5) is 24.5 Å². The van der Waals surface area contributed by atoms with Gasteiger partial charge >= 0.3 is 12.1 Å². The van der Waals surface area contributed by atoms with Crippen molar-refractivity contribution in [3.63, 3.8) is 0 Å². The van der Waals surface area contributed by atoms with E-state index in [-0.39, 0.29) is 4.90 Å². The zero-order valence-corrected chi connectivity index (χ0v) is 19.5. The Balaban J connectivity index is 0.000000429. The predicted octanol–water partition coefficient (Wildman–Crippen LogP) is 3.39. The Morgan fingerprint density at radius 2 is 1.71 bits per heavy atom. The van der Waals surface area contributed by atoms with E-state index in [1.165, 1.54) is 11.9 Å². The summed E-state index contributed by atoms with van der Waals surface area (Å²) in [5.41, 5.74) is 2.66. The second-order valence-corrected chi connectivity index (χ2v) is 9.81. The lowest BCUT2D eigenvalue weighted by Gasteiger charge is -2.34. The fourth-order valence-electron chi connectivity index (χ4n) is 3.56. The van der Waals surface area contributed by atoms with Crippen LogP contribution in [0.25, 0.3) is 5.69 Å². The number of sulfone groups is 1. The molecule has 2 N–H and O–H groups in total. The number of benzene rings is 1. The molecule has 0 atom stereocenters. The van der Waals surface area contributed by atoms with Crippen LogP contribution in [0.2, 0.25) is 0 Å². The Bertz CT molecular complexity index is 1240. The number of rotatable bonds is 5. The molecule has 1 aliphatic heterocycles. The Labute approximate surface area is 200 Å². The van der Waals surface area contributed by atoms with Gasteiger partial charge in [-0.3, -0.25) is 4.98 Å². The molecule has 1 saturated heterocycles. The minimum absolute atomic E-state index is 0.273. The van der Waals surface area contributed by atoms with Crippen LogP contribution in [-0.2, 0) is 14.6 Å². The van der Waals surface area contributed by atoms with E-state index in [0.29, 0.717) is 11.7 Å². The number of hydrogen-bond donors (Lipinski definition) is 2. The highest BCUT2D eigenvalue weighted by Crippen LogP contribution is 2.24. The summed E-state index contributed by atoms with van der Waals surface area (Å²) < 4.78 is 57.4. The summed E-state index contributed by atoms with van der Waals surface area (Å²) in [6.07, 6.45) is 5.41. The number of pyridine rings is 1. The van der Waals surface area contributed by atoms with E-state index in [1.807, 2.05) is 36.8 Å². The number of hydrogen-bond acceptors (Lipinski definition) is 7. The van der Waals surface area contributed by atoms with E-state index in [0.717, 1.165) is 31.6 Å². The minimum atomic E-state index is -5.08. The lowest BCUT2D eigenvalue weighted by atomic mass is 10.0. The van der Waals surface area contributed by atoms with Crippen molar-refractivity contribution in [3.8, 4) is 5.69 Å². The molecule has 1 aliphatic rings. The average Bonchev–Trinajstić information content (AvgIpc) is 3.28. The number of aromatic nitrogens is 3. The zero-order chi connectivity index (χ0) is 25.6. The summed E-state index contributed by atoms with van der Waals surface area (Å²) in [7, 11) is -3.32.